The smallest absolute Gasteiger partial charge is 0.172 e. The van der Waals surface area contributed by atoms with Crippen LogP contribution in [0.3, 0.4) is 0 Å². The number of aromatic nitrogens is 2. The second-order valence-electron chi connectivity index (χ2n) is 6.76. The first kappa shape index (κ1) is 18.0. The van der Waals surface area contributed by atoms with Crippen molar-refractivity contribution in [1.29, 1.82) is 0 Å². The molecule has 6 nitrogen and oxygen atoms in total. The first-order valence-corrected chi connectivity index (χ1v) is 9.33. The highest BCUT2D eigenvalue weighted by Crippen LogP contribution is 2.36. The van der Waals surface area contributed by atoms with Gasteiger partial charge in [-0.3, -0.25) is 5.21 Å². The van der Waals surface area contributed by atoms with Crippen LogP contribution in [0.2, 0.25) is 5.02 Å². The largest absolute Gasteiger partial charge is 0.489 e. The van der Waals surface area contributed by atoms with Crippen LogP contribution in [0.25, 0.3) is 10.9 Å². The van der Waals surface area contributed by atoms with E-state index in [1.807, 2.05) is 18.2 Å². The van der Waals surface area contributed by atoms with Crippen LogP contribution in [-0.2, 0) is 0 Å². The molecule has 0 unspecified atom stereocenters. The molecular weight excluding hydrogens is 364 g/mol. The van der Waals surface area contributed by atoms with E-state index in [1.54, 1.807) is 24.3 Å². The highest BCUT2D eigenvalue weighted by Gasteiger charge is 2.21. The number of likely N-dealkylation sites (tertiary alicyclic amines) is 1. The van der Waals surface area contributed by atoms with E-state index < -0.39 is 0 Å². The predicted octanol–water partition coefficient (Wildman–Crippen LogP) is 4.28. The summed E-state index contributed by atoms with van der Waals surface area (Å²) in [6.45, 7) is 2.01. The van der Waals surface area contributed by atoms with Crippen LogP contribution in [0.15, 0.2) is 48.8 Å². The Balaban J connectivity index is 1.73. The van der Waals surface area contributed by atoms with Crippen molar-refractivity contribution >= 4 is 34.0 Å². The van der Waals surface area contributed by atoms with E-state index in [4.69, 9.17) is 16.3 Å². The maximum absolute atomic E-state index is 10.8. The van der Waals surface area contributed by atoms with E-state index in [0.717, 1.165) is 31.0 Å². The molecule has 0 spiro atoms. The minimum Gasteiger partial charge on any atom is -0.489 e. The molecule has 2 heterocycles. The van der Waals surface area contributed by atoms with E-state index in [9.17, 15) is 5.21 Å². The fraction of sp³-hybridized carbons (Fsp3) is 0.300. The first-order valence-electron chi connectivity index (χ1n) is 8.95. The predicted molar refractivity (Wildman–Crippen MR) is 106 cm³/mol. The summed E-state index contributed by atoms with van der Waals surface area (Å²) < 4.78 is 6.30. The van der Waals surface area contributed by atoms with Crippen molar-refractivity contribution < 1.29 is 9.94 Å². The quantitative estimate of drug-likeness (QED) is 0.677. The standard InChI is InChI=1S/C20H21ClN4O2/c1-24-10-8-16(9-11-24)27-18-7-3-6-17-19(18)20(23-13-22-17)25(26)15-5-2-4-14(21)12-15/h2-7,12-13,16,26H,8-11H2,1H3. The lowest BCUT2D eigenvalue weighted by Gasteiger charge is -2.30. The van der Waals surface area contributed by atoms with Gasteiger partial charge in [-0.05, 0) is 50.2 Å². The Labute approximate surface area is 162 Å². The number of hydrogen-bond donors (Lipinski definition) is 1. The van der Waals surface area contributed by atoms with Crippen LogP contribution in [-0.4, -0.2) is 46.3 Å². The molecule has 1 N–H and O–H groups in total. The number of halogens is 1. The molecule has 1 fully saturated rings. The lowest BCUT2D eigenvalue weighted by molar-refractivity contribution is 0.115. The molecular formula is C20H21ClN4O2. The molecule has 0 saturated carbocycles. The van der Waals surface area contributed by atoms with Gasteiger partial charge in [0, 0.05) is 18.1 Å². The molecule has 1 saturated heterocycles. The lowest BCUT2D eigenvalue weighted by Crippen LogP contribution is -2.35. The zero-order chi connectivity index (χ0) is 18.8. The van der Waals surface area contributed by atoms with Crippen molar-refractivity contribution in [3.63, 3.8) is 0 Å². The number of rotatable bonds is 4. The average molecular weight is 385 g/mol. The fourth-order valence-electron chi connectivity index (χ4n) is 3.33. The molecule has 2 aromatic carbocycles. The van der Waals surface area contributed by atoms with Gasteiger partial charge in [-0.15, -0.1) is 0 Å². The number of anilines is 2. The Morgan fingerprint density at radius 1 is 1.15 bits per heavy atom. The summed E-state index contributed by atoms with van der Waals surface area (Å²) in [5.41, 5.74) is 1.24. The number of nitrogens with zero attached hydrogens (tertiary/aromatic N) is 4. The minimum atomic E-state index is 0.137. The lowest BCUT2D eigenvalue weighted by atomic mass is 10.1. The molecule has 140 valence electrons. The Bertz CT molecular complexity index is 939. The summed E-state index contributed by atoms with van der Waals surface area (Å²) in [5.74, 6) is 1.05. The number of piperidine rings is 1. The van der Waals surface area contributed by atoms with Crippen molar-refractivity contribution in [2.75, 3.05) is 25.2 Å². The summed E-state index contributed by atoms with van der Waals surface area (Å²) in [6, 6.07) is 12.7. The molecule has 0 aliphatic carbocycles. The molecule has 0 radical (unpaired) electrons. The summed E-state index contributed by atoms with van der Waals surface area (Å²) in [6.07, 6.45) is 3.50. The van der Waals surface area contributed by atoms with Gasteiger partial charge in [0.25, 0.3) is 0 Å². The highest BCUT2D eigenvalue weighted by atomic mass is 35.5. The van der Waals surface area contributed by atoms with E-state index >= 15 is 0 Å². The number of ether oxygens (including phenoxy) is 1. The van der Waals surface area contributed by atoms with Gasteiger partial charge in [-0.25, -0.2) is 15.0 Å². The van der Waals surface area contributed by atoms with Crippen molar-refractivity contribution in [3.05, 3.63) is 53.8 Å². The van der Waals surface area contributed by atoms with Crippen LogP contribution in [0, 0.1) is 0 Å². The minimum absolute atomic E-state index is 0.137. The zero-order valence-corrected chi connectivity index (χ0v) is 15.8. The monoisotopic (exact) mass is 384 g/mol. The summed E-state index contributed by atoms with van der Waals surface area (Å²) in [4.78, 5) is 10.9. The van der Waals surface area contributed by atoms with Crippen LogP contribution in [0.4, 0.5) is 11.5 Å². The van der Waals surface area contributed by atoms with Gasteiger partial charge in [-0.1, -0.05) is 23.7 Å². The maximum atomic E-state index is 10.8. The van der Waals surface area contributed by atoms with Gasteiger partial charge < -0.3 is 9.64 Å². The topological polar surface area (TPSA) is 61.7 Å². The van der Waals surface area contributed by atoms with Gasteiger partial charge in [0.2, 0.25) is 0 Å². The normalized spacial score (nSPS) is 15.8. The second kappa shape index (κ2) is 7.68. The van der Waals surface area contributed by atoms with E-state index in [2.05, 4.69) is 21.9 Å². The molecule has 0 atom stereocenters. The molecule has 27 heavy (non-hydrogen) atoms. The fourth-order valence-corrected chi connectivity index (χ4v) is 3.52. The van der Waals surface area contributed by atoms with Crippen molar-refractivity contribution in [2.45, 2.75) is 18.9 Å². The average Bonchev–Trinajstić information content (AvgIpc) is 2.69. The van der Waals surface area contributed by atoms with Gasteiger partial charge in [0.1, 0.15) is 18.2 Å². The SMILES string of the molecule is CN1CCC(Oc2cccc3ncnc(N(O)c4cccc(Cl)c4)c23)CC1. The Morgan fingerprint density at radius 3 is 2.70 bits per heavy atom. The van der Waals surface area contributed by atoms with E-state index in [0.29, 0.717) is 33.2 Å². The van der Waals surface area contributed by atoms with Crippen molar-refractivity contribution in [2.24, 2.45) is 0 Å². The van der Waals surface area contributed by atoms with Gasteiger partial charge >= 0.3 is 0 Å². The van der Waals surface area contributed by atoms with Crippen molar-refractivity contribution in [1.82, 2.24) is 14.9 Å². The first-order chi connectivity index (χ1) is 13.1. The van der Waals surface area contributed by atoms with E-state index in [1.165, 1.54) is 6.33 Å². The molecule has 7 heteroatoms. The Kier molecular flexibility index (Phi) is 5.11. The Morgan fingerprint density at radius 2 is 1.93 bits per heavy atom. The second-order valence-corrected chi connectivity index (χ2v) is 7.20. The molecule has 1 aliphatic rings. The molecule has 0 amide bonds. The molecule has 3 aromatic rings. The summed E-state index contributed by atoms with van der Waals surface area (Å²) in [7, 11) is 2.12. The van der Waals surface area contributed by atoms with Crippen molar-refractivity contribution in [3.8, 4) is 5.75 Å². The summed E-state index contributed by atoms with van der Waals surface area (Å²) in [5, 5.41) is 13.0. The number of hydrogen-bond acceptors (Lipinski definition) is 6. The molecule has 1 aromatic heterocycles. The van der Waals surface area contributed by atoms with Crippen LogP contribution >= 0.6 is 11.6 Å². The van der Waals surface area contributed by atoms with Crippen LogP contribution in [0.1, 0.15) is 12.8 Å². The maximum Gasteiger partial charge on any atom is 0.172 e. The third-order valence-electron chi connectivity index (χ3n) is 4.82. The van der Waals surface area contributed by atoms with Gasteiger partial charge in [0.15, 0.2) is 5.82 Å². The van der Waals surface area contributed by atoms with Crippen LogP contribution in [0.5, 0.6) is 5.75 Å². The summed E-state index contributed by atoms with van der Waals surface area (Å²) >= 11 is 6.07. The highest BCUT2D eigenvalue weighted by molar-refractivity contribution is 6.30. The van der Waals surface area contributed by atoms with Crippen LogP contribution < -0.4 is 9.80 Å². The number of benzene rings is 2. The van der Waals surface area contributed by atoms with E-state index in [-0.39, 0.29) is 6.10 Å². The molecule has 0 bridgehead atoms. The third-order valence-corrected chi connectivity index (χ3v) is 5.05. The van der Waals surface area contributed by atoms with Gasteiger partial charge in [-0.2, -0.15) is 0 Å². The Hall–Kier alpha value is -2.41. The molecule has 1 aliphatic heterocycles. The molecule has 4 rings (SSSR count). The zero-order valence-electron chi connectivity index (χ0n) is 15.0. The number of fused-ring (bicyclic) bond motifs is 1. The third kappa shape index (κ3) is 3.83. The van der Waals surface area contributed by atoms with Gasteiger partial charge in [0.05, 0.1) is 16.6 Å².